The van der Waals surface area contributed by atoms with E-state index in [-0.39, 0.29) is 0 Å². The van der Waals surface area contributed by atoms with E-state index < -0.39 is 0 Å². The molecule has 104 valence electrons. The Balaban J connectivity index is 1.66. The van der Waals surface area contributed by atoms with Gasteiger partial charge in [-0.3, -0.25) is 4.90 Å². The summed E-state index contributed by atoms with van der Waals surface area (Å²) in [5.74, 6) is 0. The Kier molecular flexibility index (Phi) is 3.87. The van der Waals surface area contributed by atoms with Crippen LogP contribution in [-0.2, 0) is 6.42 Å². The van der Waals surface area contributed by atoms with Crippen molar-refractivity contribution in [2.24, 2.45) is 0 Å². The Morgan fingerprint density at radius 3 is 2.95 bits per heavy atom. The zero-order valence-electron chi connectivity index (χ0n) is 12.1. The number of fused-ring (bicyclic) bond motifs is 1. The second-order valence-corrected chi connectivity index (χ2v) is 6.12. The van der Waals surface area contributed by atoms with Crippen LogP contribution in [-0.4, -0.2) is 56.1 Å². The minimum absolute atomic E-state index is 0.519. The maximum atomic E-state index is 3.69. The fourth-order valence-electron chi connectivity index (χ4n) is 3.41. The second kappa shape index (κ2) is 5.61. The van der Waals surface area contributed by atoms with Crippen molar-refractivity contribution in [2.75, 3.05) is 40.3 Å². The van der Waals surface area contributed by atoms with Crippen molar-refractivity contribution in [3.8, 4) is 0 Å². The first-order valence-corrected chi connectivity index (χ1v) is 7.44. The minimum atomic E-state index is 0.519. The first kappa shape index (κ1) is 13.1. The van der Waals surface area contributed by atoms with Crippen LogP contribution < -0.4 is 5.32 Å². The number of hydrogen-bond acceptors (Lipinski definition) is 3. The number of rotatable bonds is 3. The summed E-state index contributed by atoms with van der Waals surface area (Å²) >= 11 is 0. The van der Waals surface area contributed by atoms with Crippen LogP contribution >= 0.6 is 0 Å². The van der Waals surface area contributed by atoms with Crippen LogP contribution in [0.15, 0.2) is 24.3 Å². The predicted molar refractivity (Wildman–Crippen MR) is 79.4 cm³/mol. The predicted octanol–water partition coefficient (Wildman–Crippen LogP) is 1.51. The highest BCUT2D eigenvalue weighted by atomic mass is 15.2. The summed E-state index contributed by atoms with van der Waals surface area (Å²) in [6.07, 6.45) is 2.48. The Labute approximate surface area is 116 Å². The Morgan fingerprint density at radius 1 is 1.32 bits per heavy atom. The Morgan fingerprint density at radius 2 is 2.16 bits per heavy atom. The number of nitrogens with zero attached hydrogens (tertiary/aromatic N) is 2. The lowest BCUT2D eigenvalue weighted by Crippen LogP contribution is -2.39. The lowest BCUT2D eigenvalue weighted by Gasteiger charge is -2.30. The Bertz CT molecular complexity index is 430. The van der Waals surface area contributed by atoms with E-state index >= 15 is 0 Å². The number of nitrogens with one attached hydrogen (secondary N) is 1. The molecule has 0 bridgehead atoms. The highest BCUT2D eigenvalue weighted by Crippen LogP contribution is 2.25. The maximum absolute atomic E-state index is 3.69. The molecule has 2 aliphatic rings. The maximum Gasteiger partial charge on any atom is 0.0452 e. The van der Waals surface area contributed by atoms with Crippen molar-refractivity contribution in [1.82, 2.24) is 15.1 Å². The Hall–Kier alpha value is -0.900. The molecule has 2 heterocycles. The third-order valence-corrected chi connectivity index (χ3v) is 4.63. The second-order valence-electron chi connectivity index (χ2n) is 6.12. The molecule has 3 nitrogen and oxygen atoms in total. The molecule has 19 heavy (non-hydrogen) atoms. The fraction of sp³-hybridized carbons (Fsp3) is 0.625. The monoisotopic (exact) mass is 259 g/mol. The van der Waals surface area contributed by atoms with Crippen LogP contribution in [0.4, 0.5) is 0 Å². The third kappa shape index (κ3) is 2.83. The van der Waals surface area contributed by atoms with E-state index in [0.717, 1.165) is 19.1 Å². The minimum Gasteiger partial charge on any atom is -0.309 e. The lowest BCUT2D eigenvalue weighted by molar-refractivity contribution is 0.248. The van der Waals surface area contributed by atoms with Crippen molar-refractivity contribution >= 4 is 0 Å². The molecule has 3 rings (SSSR count). The zero-order valence-corrected chi connectivity index (χ0v) is 12.1. The van der Waals surface area contributed by atoms with Gasteiger partial charge in [-0.25, -0.2) is 0 Å². The SMILES string of the molecule is CN(C)C1CCN(CC2NCCc3ccccc32)C1. The van der Waals surface area contributed by atoms with Crippen molar-refractivity contribution in [1.29, 1.82) is 0 Å². The summed E-state index contributed by atoms with van der Waals surface area (Å²) in [6.45, 7) is 4.73. The van der Waals surface area contributed by atoms with E-state index in [1.807, 2.05) is 0 Å². The van der Waals surface area contributed by atoms with Crippen LogP contribution in [0.3, 0.4) is 0 Å². The van der Waals surface area contributed by atoms with E-state index in [4.69, 9.17) is 0 Å². The highest BCUT2D eigenvalue weighted by Gasteiger charge is 2.27. The van der Waals surface area contributed by atoms with Gasteiger partial charge in [0.25, 0.3) is 0 Å². The summed E-state index contributed by atoms with van der Waals surface area (Å²) in [7, 11) is 4.39. The van der Waals surface area contributed by atoms with Crippen LogP contribution in [0.1, 0.15) is 23.6 Å². The van der Waals surface area contributed by atoms with Gasteiger partial charge in [0.15, 0.2) is 0 Å². The molecule has 1 N–H and O–H groups in total. The number of benzene rings is 1. The van der Waals surface area contributed by atoms with Gasteiger partial charge in [0.2, 0.25) is 0 Å². The molecule has 0 amide bonds. The molecule has 1 aromatic carbocycles. The van der Waals surface area contributed by atoms with E-state index in [2.05, 4.69) is 53.5 Å². The first-order chi connectivity index (χ1) is 9.24. The number of likely N-dealkylation sites (tertiary alicyclic amines) is 1. The van der Waals surface area contributed by atoms with E-state index in [1.165, 1.54) is 37.1 Å². The summed E-state index contributed by atoms with van der Waals surface area (Å²) in [5, 5.41) is 3.69. The van der Waals surface area contributed by atoms with Gasteiger partial charge < -0.3 is 10.2 Å². The largest absolute Gasteiger partial charge is 0.309 e. The molecule has 0 aromatic heterocycles. The lowest BCUT2D eigenvalue weighted by atomic mass is 9.94. The molecule has 1 aromatic rings. The van der Waals surface area contributed by atoms with Gasteiger partial charge in [-0.15, -0.1) is 0 Å². The van der Waals surface area contributed by atoms with Crippen molar-refractivity contribution in [3.63, 3.8) is 0 Å². The molecule has 3 heteroatoms. The van der Waals surface area contributed by atoms with Gasteiger partial charge in [0.1, 0.15) is 0 Å². The van der Waals surface area contributed by atoms with Gasteiger partial charge >= 0.3 is 0 Å². The quantitative estimate of drug-likeness (QED) is 0.888. The summed E-state index contributed by atoms with van der Waals surface area (Å²) in [4.78, 5) is 4.98. The smallest absolute Gasteiger partial charge is 0.0452 e. The molecule has 2 unspecified atom stereocenters. The molecule has 1 fully saturated rings. The molecule has 1 saturated heterocycles. The van der Waals surface area contributed by atoms with E-state index in [1.54, 1.807) is 0 Å². The molecule has 0 aliphatic carbocycles. The molecule has 2 atom stereocenters. The molecule has 0 spiro atoms. The topological polar surface area (TPSA) is 18.5 Å². The van der Waals surface area contributed by atoms with Gasteiger partial charge in [0, 0.05) is 25.2 Å². The summed E-state index contributed by atoms with van der Waals surface area (Å²) in [6, 6.07) is 10.2. The molecule has 0 radical (unpaired) electrons. The molecule has 0 saturated carbocycles. The third-order valence-electron chi connectivity index (χ3n) is 4.63. The fourth-order valence-corrected chi connectivity index (χ4v) is 3.41. The normalized spacial score (nSPS) is 27.7. The van der Waals surface area contributed by atoms with Crippen molar-refractivity contribution < 1.29 is 0 Å². The van der Waals surface area contributed by atoms with Crippen LogP contribution in [0.2, 0.25) is 0 Å². The van der Waals surface area contributed by atoms with Gasteiger partial charge in [-0.2, -0.15) is 0 Å². The van der Waals surface area contributed by atoms with E-state index in [9.17, 15) is 0 Å². The zero-order chi connectivity index (χ0) is 13.2. The van der Waals surface area contributed by atoms with Crippen LogP contribution in [0.5, 0.6) is 0 Å². The van der Waals surface area contributed by atoms with Gasteiger partial charge in [-0.1, -0.05) is 24.3 Å². The number of hydrogen-bond donors (Lipinski definition) is 1. The summed E-state index contributed by atoms with van der Waals surface area (Å²) in [5.41, 5.74) is 3.05. The average Bonchev–Trinajstić information content (AvgIpc) is 2.88. The van der Waals surface area contributed by atoms with Crippen LogP contribution in [0.25, 0.3) is 0 Å². The number of likely N-dealkylation sites (N-methyl/N-ethyl adjacent to an activating group) is 1. The standard InChI is InChI=1S/C16H25N3/c1-18(2)14-8-10-19(11-14)12-16-15-6-4-3-5-13(15)7-9-17-16/h3-6,14,16-17H,7-12H2,1-2H3. The molecular weight excluding hydrogens is 234 g/mol. The van der Waals surface area contributed by atoms with Gasteiger partial charge in [0.05, 0.1) is 0 Å². The summed E-state index contributed by atoms with van der Waals surface area (Å²) < 4.78 is 0. The average molecular weight is 259 g/mol. The van der Waals surface area contributed by atoms with Crippen molar-refractivity contribution in [2.45, 2.75) is 24.9 Å². The van der Waals surface area contributed by atoms with E-state index in [0.29, 0.717) is 6.04 Å². The van der Waals surface area contributed by atoms with Crippen molar-refractivity contribution in [3.05, 3.63) is 35.4 Å². The molecule has 2 aliphatic heterocycles. The van der Waals surface area contributed by atoms with Crippen LogP contribution in [0, 0.1) is 0 Å². The molecular formula is C16H25N3. The van der Waals surface area contributed by atoms with Gasteiger partial charge in [-0.05, 0) is 51.2 Å². The highest BCUT2D eigenvalue weighted by molar-refractivity contribution is 5.32. The first-order valence-electron chi connectivity index (χ1n) is 7.44.